The third-order valence-electron chi connectivity index (χ3n) is 2.92. The average Bonchev–Trinajstić information content (AvgIpc) is 2.29. The zero-order chi connectivity index (χ0) is 11.8. The van der Waals surface area contributed by atoms with Gasteiger partial charge in [0.1, 0.15) is 0 Å². The fourth-order valence-electron chi connectivity index (χ4n) is 2.07. The van der Waals surface area contributed by atoms with Crippen molar-refractivity contribution < 1.29 is 0 Å². The second-order valence-electron chi connectivity index (χ2n) is 4.39. The second-order valence-corrected chi connectivity index (χ2v) is 4.39. The summed E-state index contributed by atoms with van der Waals surface area (Å²) in [6, 6.07) is 0. The lowest BCUT2D eigenvalue weighted by atomic mass is 9.99. The van der Waals surface area contributed by atoms with Gasteiger partial charge in [0.2, 0.25) is 0 Å². The van der Waals surface area contributed by atoms with Gasteiger partial charge in [-0.25, -0.2) is 0 Å². The van der Waals surface area contributed by atoms with Crippen LogP contribution in [0.2, 0.25) is 0 Å². The Morgan fingerprint density at radius 3 is 3.00 bits per heavy atom. The fraction of sp³-hybridized carbons (Fsp3) is 0.750. The van der Waals surface area contributed by atoms with E-state index in [1.165, 1.54) is 25.9 Å². The van der Waals surface area contributed by atoms with Gasteiger partial charge < -0.3 is 15.5 Å². The van der Waals surface area contributed by atoms with Crippen molar-refractivity contribution in [1.82, 2.24) is 15.5 Å². The maximum Gasteiger partial charge on any atom is 0.191 e. The molecule has 0 radical (unpaired) electrons. The van der Waals surface area contributed by atoms with Gasteiger partial charge in [0.05, 0.1) is 0 Å². The van der Waals surface area contributed by atoms with E-state index in [0.717, 1.165) is 25.0 Å². The van der Waals surface area contributed by atoms with Crippen LogP contribution in [0.3, 0.4) is 0 Å². The molecule has 0 spiro atoms. The standard InChI is InChI=1S/C12H24N4/c1-4-7-14-12(13-2)15-9-11-6-5-8-16(3)10-11/h4,11H,1,5-10H2,2-3H3,(H2,13,14,15). The molecule has 1 saturated heterocycles. The molecular formula is C12H24N4. The lowest BCUT2D eigenvalue weighted by Gasteiger charge is -2.30. The number of nitrogens with one attached hydrogen (secondary N) is 2. The van der Waals surface area contributed by atoms with E-state index >= 15 is 0 Å². The lowest BCUT2D eigenvalue weighted by molar-refractivity contribution is 0.210. The minimum atomic E-state index is 0.737. The Morgan fingerprint density at radius 2 is 2.38 bits per heavy atom. The molecule has 92 valence electrons. The van der Waals surface area contributed by atoms with Gasteiger partial charge in [-0.3, -0.25) is 4.99 Å². The van der Waals surface area contributed by atoms with Crippen LogP contribution >= 0.6 is 0 Å². The molecule has 0 saturated carbocycles. The summed E-state index contributed by atoms with van der Waals surface area (Å²) in [7, 11) is 3.99. The molecule has 0 bridgehead atoms. The van der Waals surface area contributed by atoms with Crippen LogP contribution < -0.4 is 10.6 Å². The third-order valence-corrected chi connectivity index (χ3v) is 2.92. The number of aliphatic imine (C=N–C) groups is 1. The Balaban J connectivity index is 2.23. The van der Waals surface area contributed by atoms with Gasteiger partial charge in [-0.05, 0) is 32.4 Å². The monoisotopic (exact) mass is 224 g/mol. The molecule has 1 aliphatic heterocycles. The first-order valence-corrected chi connectivity index (χ1v) is 6.00. The fourth-order valence-corrected chi connectivity index (χ4v) is 2.07. The molecule has 0 amide bonds. The number of likely N-dealkylation sites (tertiary alicyclic amines) is 1. The van der Waals surface area contributed by atoms with Crippen LogP contribution in [-0.4, -0.2) is 51.1 Å². The molecule has 1 aliphatic rings. The van der Waals surface area contributed by atoms with E-state index in [2.05, 4.69) is 34.2 Å². The zero-order valence-corrected chi connectivity index (χ0v) is 10.5. The Labute approximate surface area is 98.8 Å². The van der Waals surface area contributed by atoms with Crippen molar-refractivity contribution in [3.8, 4) is 0 Å². The summed E-state index contributed by atoms with van der Waals surface area (Å²) in [5.41, 5.74) is 0. The van der Waals surface area contributed by atoms with Crippen LogP contribution in [0.25, 0.3) is 0 Å². The number of piperidine rings is 1. The molecule has 1 fully saturated rings. The molecule has 4 heteroatoms. The van der Waals surface area contributed by atoms with Crippen molar-refractivity contribution in [1.29, 1.82) is 0 Å². The topological polar surface area (TPSA) is 39.7 Å². The Kier molecular flexibility index (Phi) is 5.93. The summed E-state index contributed by atoms with van der Waals surface area (Å²) in [6.45, 7) is 7.85. The molecule has 2 N–H and O–H groups in total. The highest BCUT2D eigenvalue weighted by molar-refractivity contribution is 5.79. The van der Waals surface area contributed by atoms with Gasteiger partial charge in [-0.2, -0.15) is 0 Å². The number of hydrogen-bond donors (Lipinski definition) is 2. The SMILES string of the molecule is C=CCNC(=NC)NCC1CCCN(C)C1. The van der Waals surface area contributed by atoms with E-state index in [1.54, 1.807) is 7.05 Å². The van der Waals surface area contributed by atoms with Gasteiger partial charge in [0, 0.05) is 26.7 Å². The Morgan fingerprint density at radius 1 is 1.56 bits per heavy atom. The van der Waals surface area contributed by atoms with Crippen molar-refractivity contribution in [2.45, 2.75) is 12.8 Å². The van der Waals surface area contributed by atoms with Crippen LogP contribution in [0.1, 0.15) is 12.8 Å². The first-order valence-electron chi connectivity index (χ1n) is 6.00. The number of guanidine groups is 1. The maximum atomic E-state index is 4.16. The summed E-state index contributed by atoms with van der Waals surface area (Å²) in [6.07, 6.45) is 4.46. The van der Waals surface area contributed by atoms with Gasteiger partial charge in [-0.15, -0.1) is 6.58 Å². The van der Waals surface area contributed by atoms with Crippen molar-refractivity contribution in [3.63, 3.8) is 0 Å². The number of rotatable bonds is 4. The van der Waals surface area contributed by atoms with Crippen LogP contribution in [0, 0.1) is 5.92 Å². The number of hydrogen-bond acceptors (Lipinski definition) is 2. The molecule has 0 aromatic carbocycles. The molecule has 0 aromatic heterocycles. The average molecular weight is 224 g/mol. The summed E-state index contributed by atoms with van der Waals surface area (Å²) in [5, 5.41) is 6.54. The Hall–Kier alpha value is -1.03. The molecule has 1 unspecified atom stereocenters. The largest absolute Gasteiger partial charge is 0.356 e. The minimum absolute atomic E-state index is 0.737. The highest BCUT2D eigenvalue weighted by Gasteiger charge is 2.16. The summed E-state index contributed by atoms with van der Waals surface area (Å²) >= 11 is 0. The van der Waals surface area contributed by atoms with Crippen molar-refractivity contribution in [2.75, 3.05) is 40.3 Å². The maximum absolute atomic E-state index is 4.16. The molecule has 4 nitrogen and oxygen atoms in total. The molecule has 1 rings (SSSR count). The van der Waals surface area contributed by atoms with E-state index in [4.69, 9.17) is 0 Å². The highest BCUT2D eigenvalue weighted by Crippen LogP contribution is 2.13. The van der Waals surface area contributed by atoms with Crippen LogP contribution in [0.15, 0.2) is 17.6 Å². The van der Waals surface area contributed by atoms with Crippen LogP contribution in [0.5, 0.6) is 0 Å². The van der Waals surface area contributed by atoms with Gasteiger partial charge in [-0.1, -0.05) is 6.08 Å². The third kappa shape index (κ3) is 4.66. The minimum Gasteiger partial charge on any atom is -0.356 e. The van der Waals surface area contributed by atoms with Gasteiger partial charge in [0.25, 0.3) is 0 Å². The van der Waals surface area contributed by atoms with Gasteiger partial charge in [0.15, 0.2) is 5.96 Å². The Bertz CT molecular complexity index is 237. The first kappa shape index (κ1) is 13.0. The van der Waals surface area contributed by atoms with E-state index in [9.17, 15) is 0 Å². The molecule has 1 atom stereocenters. The lowest BCUT2D eigenvalue weighted by Crippen LogP contribution is -2.43. The normalized spacial score (nSPS) is 22.9. The molecule has 0 aliphatic carbocycles. The van der Waals surface area contributed by atoms with Crippen molar-refractivity contribution in [3.05, 3.63) is 12.7 Å². The molecule has 0 aromatic rings. The van der Waals surface area contributed by atoms with Crippen LogP contribution in [-0.2, 0) is 0 Å². The van der Waals surface area contributed by atoms with Crippen LogP contribution in [0.4, 0.5) is 0 Å². The number of nitrogens with zero attached hydrogens (tertiary/aromatic N) is 2. The van der Waals surface area contributed by atoms with E-state index in [-0.39, 0.29) is 0 Å². The quantitative estimate of drug-likeness (QED) is 0.419. The second kappa shape index (κ2) is 7.28. The first-order chi connectivity index (χ1) is 7.76. The molecule has 1 heterocycles. The summed E-state index contributed by atoms with van der Waals surface area (Å²) in [5.74, 6) is 1.61. The predicted octanol–water partition coefficient (Wildman–Crippen LogP) is 0.679. The predicted molar refractivity (Wildman–Crippen MR) is 69.8 cm³/mol. The zero-order valence-electron chi connectivity index (χ0n) is 10.5. The summed E-state index contributed by atoms with van der Waals surface area (Å²) in [4.78, 5) is 6.56. The molecular weight excluding hydrogens is 200 g/mol. The highest BCUT2D eigenvalue weighted by atomic mass is 15.2. The van der Waals surface area contributed by atoms with E-state index in [0.29, 0.717) is 0 Å². The summed E-state index contributed by atoms with van der Waals surface area (Å²) < 4.78 is 0. The smallest absolute Gasteiger partial charge is 0.191 e. The van der Waals surface area contributed by atoms with Crippen molar-refractivity contribution in [2.24, 2.45) is 10.9 Å². The molecule has 16 heavy (non-hydrogen) atoms. The van der Waals surface area contributed by atoms with Crippen molar-refractivity contribution >= 4 is 5.96 Å². The van der Waals surface area contributed by atoms with Gasteiger partial charge >= 0.3 is 0 Å². The van der Waals surface area contributed by atoms with E-state index < -0.39 is 0 Å². The van der Waals surface area contributed by atoms with E-state index in [1.807, 2.05) is 6.08 Å².